The fourth-order valence-corrected chi connectivity index (χ4v) is 3.50. The molecule has 140 valence electrons. The summed E-state index contributed by atoms with van der Waals surface area (Å²) >= 11 is 0. The molecule has 5 atom stereocenters. The number of rotatable bonds is 4. The van der Waals surface area contributed by atoms with E-state index in [9.17, 15) is 9.59 Å². The molecule has 3 aliphatic rings. The quantitative estimate of drug-likeness (QED) is 0.703. The highest BCUT2D eigenvalue weighted by molar-refractivity contribution is 5.94. The van der Waals surface area contributed by atoms with Gasteiger partial charge in [0, 0.05) is 12.8 Å². The van der Waals surface area contributed by atoms with Crippen molar-refractivity contribution in [2.45, 2.75) is 64.1 Å². The van der Waals surface area contributed by atoms with Crippen molar-refractivity contribution in [2.75, 3.05) is 13.7 Å². The number of carbonyl (C=O) groups is 2. The van der Waals surface area contributed by atoms with Gasteiger partial charge < -0.3 is 34.3 Å². The highest BCUT2D eigenvalue weighted by atomic mass is 16.8. The van der Waals surface area contributed by atoms with Crippen molar-refractivity contribution in [3.8, 4) is 0 Å². The Hall–Kier alpha value is -1.68. The molecule has 0 aromatic heterocycles. The summed E-state index contributed by atoms with van der Waals surface area (Å²) in [6.07, 6.45) is -2.27. The molecule has 0 aromatic rings. The van der Waals surface area contributed by atoms with Crippen LogP contribution in [0.4, 0.5) is 4.79 Å². The van der Waals surface area contributed by atoms with E-state index in [-0.39, 0.29) is 6.61 Å². The van der Waals surface area contributed by atoms with Crippen molar-refractivity contribution in [2.24, 2.45) is 0 Å². The Morgan fingerprint density at radius 2 is 2.00 bits per heavy atom. The van der Waals surface area contributed by atoms with E-state index >= 15 is 0 Å². The minimum absolute atomic E-state index is 0.223. The third kappa shape index (κ3) is 3.24. The maximum Gasteiger partial charge on any atom is 0.337 e. The molecule has 2 N–H and O–H groups in total. The van der Waals surface area contributed by atoms with Gasteiger partial charge in [0.1, 0.15) is 18.3 Å². The normalized spacial score (nSPS) is 36.7. The van der Waals surface area contributed by atoms with Gasteiger partial charge in [0.25, 0.3) is 0 Å². The minimum Gasteiger partial charge on any atom is -0.463 e. The van der Waals surface area contributed by atoms with Crippen LogP contribution in [0.1, 0.15) is 27.7 Å². The van der Waals surface area contributed by atoms with Crippen LogP contribution in [0.2, 0.25) is 0 Å². The molecule has 2 fully saturated rings. The Labute approximate surface area is 145 Å². The molecule has 25 heavy (non-hydrogen) atoms. The van der Waals surface area contributed by atoms with Crippen molar-refractivity contribution < 1.29 is 33.3 Å². The molecule has 9 nitrogen and oxygen atoms in total. The lowest BCUT2D eigenvalue weighted by Gasteiger charge is -2.34. The standard InChI is InChI=1S/C16H24N2O7/c1-6-22-13(19)8-7(2)17-15(20)18-9(8)10-11(21-5)12-14(23-10)25-16(3,4)24-12/h9-12,14H,6H2,1-5H3,(H2,17,18,20)/t9-,10+,11-,12+,14+/m0/s1. The van der Waals surface area contributed by atoms with E-state index in [4.69, 9.17) is 23.7 Å². The molecule has 2 amide bonds. The number of hydrogen-bond acceptors (Lipinski definition) is 7. The molecule has 0 spiro atoms. The smallest absolute Gasteiger partial charge is 0.337 e. The topological polar surface area (TPSA) is 104 Å². The number of hydrogen-bond donors (Lipinski definition) is 2. The molecule has 0 unspecified atom stereocenters. The molecule has 3 aliphatic heterocycles. The fraction of sp³-hybridized carbons (Fsp3) is 0.750. The van der Waals surface area contributed by atoms with Crippen LogP contribution in [0.25, 0.3) is 0 Å². The van der Waals surface area contributed by atoms with Gasteiger partial charge in [-0.05, 0) is 27.7 Å². The number of esters is 1. The summed E-state index contributed by atoms with van der Waals surface area (Å²) in [5.74, 6) is -1.31. The molecular formula is C16H24N2O7. The monoisotopic (exact) mass is 356 g/mol. The molecule has 3 rings (SSSR count). The van der Waals surface area contributed by atoms with Gasteiger partial charge in [-0.1, -0.05) is 0 Å². The summed E-state index contributed by atoms with van der Waals surface area (Å²) in [5, 5.41) is 5.32. The van der Waals surface area contributed by atoms with Crippen molar-refractivity contribution in [3.63, 3.8) is 0 Å². The van der Waals surface area contributed by atoms with E-state index in [0.717, 1.165) is 0 Å². The predicted octanol–water partition coefficient (Wildman–Crippen LogP) is 0.396. The zero-order chi connectivity index (χ0) is 18.4. The predicted molar refractivity (Wildman–Crippen MR) is 84.3 cm³/mol. The number of fused-ring (bicyclic) bond motifs is 1. The first-order valence-corrected chi connectivity index (χ1v) is 8.26. The van der Waals surface area contributed by atoms with E-state index in [1.807, 2.05) is 0 Å². The number of allylic oxidation sites excluding steroid dienone is 1. The molecule has 2 saturated heterocycles. The summed E-state index contributed by atoms with van der Waals surface area (Å²) in [4.78, 5) is 24.3. The van der Waals surface area contributed by atoms with Gasteiger partial charge in [-0.25, -0.2) is 9.59 Å². The molecule has 0 aliphatic carbocycles. The lowest BCUT2D eigenvalue weighted by atomic mass is 9.93. The van der Waals surface area contributed by atoms with Crippen molar-refractivity contribution in [3.05, 3.63) is 11.3 Å². The van der Waals surface area contributed by atoms with Crippen molar-refractivity contribution in [1.29, 1.82) is 0 Å². The highest BCUT2D eigenvalue weighted by Crippen LogP contribution is 2.40. The van der Waals surface area contributed by atoms with Gasteiger partial charge in [0.2, 0.25) is 0 Å². The molecule has 0 saturated carbocycles. The summed E-state index contributed by atoms with van der Waals surface area (Å²) in [7, 11) is 1.53. The average molecular weight is 356 g/mol. The van der Waals surface area contributed by atoms with E-state index in [0.29, 0.717) is 11.3 Å². The zero-order valence-electron chi connectivity index (χ0n) is 15.0. The molecule has 0 bridgehead atoms. The number of ether oxygens (including phenoxy) is 5. The summed E-state index contributed by atoms with van der Waals surface area (Å²) in [6.45, 7) is 7.16. The average Bonchev–Trinajstić information content (AvgIpc) is 2.97. The minimum atomic E-state index is -0.788. The molecule has 0 radical (unpaired) electrons. The SMILES string of the molecule is CCOC(=O)C1=C(C)NC(=O)N[C@@H]1[C@H]1O[C@@H]2OC(C)(C)O[C@@H]2[C@H]1OC. The molecular weight excluding hydrogens is 332 g/mol. The Morgan fingerprint density at radius 1 is 1.28 bits per heavy atom. The lowest BCUT2D eigenvalue weighted by molar-refractivity contribution is -0.218. The highest BCUT2D eigenvalue weighted by Gasteiger charge is 2.58. The van der Waals surface area contributed by atoms with E-state index in [2.05, 4.69) is 10.6 Å². The van der Waals surface area contributed by atoms with Crippen LogP contribution in [0, 0.1) is 0 Å². The maximum atomic E-state index is 12.4. The second-order valence-electron chi connectivity index (χ2n) is 6.60. The van der Waals surface area contributed by atoms with Crippen LogP contribution in [0.15, 0.2) is 11.3 Å². The van der Waals surface area contributed by atoms with Crippen molar-refractivity contribution in [1.82, 2.24) is 10.6 Å². The second kappa shape index (κ2) is 6.56. The lowest BCUT2D eigenvalue weighted by Crippen LogP contribution is -2.58. The maximum absolute atomic E-state index is 12.4. The third-order valence-electron chi connectivity index (χ3n) is 4.43. The second-order valence-corrected chi connectivity index (χ2v) is 6.60. The molecule has 0 aromatic carbocycles. The van der Waals surface area contributed by atoms with Crippen LogP contribution in [-0.2, 0) is 28.5 Å². The van der Waals surface area contributed by atoms with Gasteiger partial charge in [-0.2, -0.15) is 0 Å². The zero-order valence-corrected chi connectivity index (χ0v) is 15.0. The first-order valence-electron chi connectivity index (χ1n) is 8.26. The van der Waals surface area contributed by atoms with Gasteiger partial charge in [-0.3, -0.25) is 0 Å². The van der Waals surface area contributed by atoms with Gasteiger partial charge in [-0.15, -0.1) is 0 Å². The van der Waals surface area contributed by atoms with Crippen LogP contribution < -0.4 is 10.6 Å². The Bertz CT molecular complexity index is 603. The van der Waals surface area contributed by atoms with E-state index < -0.39 is 48.4 Å². The Kier molecular flexibility index (Phi) is 4.76. The third-order valence-corrected chi connectivity index (χ3v) is 4.43. The molecule has 9 heteroatoms. The number of methoxy groups -OCH3 is 1. The van der Waals surface area contributed by atoms with Crippen LogP contribution in [0.5, 0.6) is 0 Å². The van der Waals surface area contributed by atoms with Crippen LogP contribution in [-0.4, -0.2) is 62.1 Å². The summed E-state index contributed by atoms with van der Waals surface area (Å²) < 4.78 is 28.3. The fourth-order valence-electron chi connectivity index (χ4n) is 3.50. The Morgan fingerprint density at radius 3 is 2.64 bits per heavy atom. The Balaban J connectivity index is 1.89. The van der Waals surface area contributed by atoms with Crippen LogP contribution >= 0.6 is 0 Å². The first kappa shape index (κ1) is 18.1. The number of nitrogens with one attached hydrogen (secondary N) is 2. The van der Waals surface area contributed by atoms with Gasteiger partial charge in [0.05, 0.1) is 18.2 Å². The number of urea groups is 1. The van der Waals surface area contributed by atoms with E-state index in [1.165, 1.54) is 7.11 Å². The first-order chi connectivity index (χ1) is 11.8. The van der Waals surface area contributed by atoms with Crippen molar-refractivity contribution >= 4 is 12.0 Å². The van der Waals surface area contributed by atoms with Gasteiger partial charge >= 0.3 is 12.0 Å². The largest absolute Gasteiger partial charge is 0.463 e. The summed E-state index contributed by atoms with van der Waals surface area (Å²) in [5.41, 5.74) is 0.720. The molecule has 3 heterocycles. The van der Waals surface area contributed by atoms with Gasteiger partial charge in [0.15, 0.2) is 12.1 Å². The summed E-state index contributed by atoms with van der Waals surface area (Å²) in [6, 6.07) is -1.16. The number of carbonyl (C=O) groups excluding carboxylic acids is 2. The van der Waals surface area contributed by atoms with Crippen LogP contribution in [0.3, 0.4) is 0 Å². The number of amides is 2. The van der Waals surface area contributed by atoms with E-state index in [1.54, 1.807) is 27.7 Å².